The van der Waals surface area contributed by atoms with Gasteiger partial charge in [0.1, 0.15) is 0 Å². The number of likely N-dealkylation sites (tertiary alicyclic amines) is 1. The Labute approximate surface area is 193 Å². The van der Waals surface area contributed by atoms with Crippen LogP contribution < -0.4 is 9.79 Å². The summed E-state index contributed by atoms with van der Waals surface area (Å²) in [5.74, 6) is 0.352. The summed E-state index contributed by atoms with van der Waals surface area (Å²) in [6, 6.07) is 0. The monoisotopic (exact) mass is 461 g/mol. The Morgan fingerprint density at radius 1 is 0.742 bits per heavy atom. The highest BCUT2D eigenvalue weighted by molar-refractivity contribution is 7.45. The van der Waals surface area contributed by atoms with Gasteiger partial charge in [-0.3, -0.25) is 4.57 Å². The lowest BCUT2D eigenvalue weighted by molar-refractivity contribution is -0.886. The van der Waals surface area contributed by atoms with Crippen molar-refractivity contribution >= 4 is 7.82 Å². The second kappa shape index (κ2) is 19.5. The minimum Gasteiger partial charge on any atom is -0.756 e. The maximum Gasteiger partial charge on any atom is 0.267 e. The first-order valence-corrected chi connectivity index (χ1v) is 14.9. The molecule has 1 aliphatic rings. The van der Waals surface area contributed by atoms with Gasteiger partial charge in [0.05, 0.1) is 33.4 Å². The van der Waals surface area contributed by atoms with Crippen molar-refractivity contribution in [3.8, 4) is 0 Å². The molecule has 0 saturated carbocycles. The van der Waals surface area contributed by atoms with E-state index in [9.17, 15) is 9.46 Å². The third kappa shape index (κ3) is 18.2. The molecule has 1 fully saturated rings. The molecule has 0 aliphatic carbocycles. The molecular formula is C25H52NO4P. The number of hydrogen-bond acceptors (Lipinski definition) is 4. The molecule has 0 aromatic carbocycles. The first kappa shape index (κ1) is 29.1. The maximum atomic E-state index is 11.9. The second-order valence-corrected chi connectivity index (χ2v) is 11.2. The lowest BCUT2D eigenvalue weighted by Crippen LogP contribution is -3.10. The minimum absolute atomic E-state index is 0.261. The van der Waals surface area contributed by atoms with Crippen molar-refractivity contribution in [1.29, 1.82) is 0 Å². The average molecular weight is 462 g/mol. The molecule has 0 spiro atoms. The molecule has 31 heavy (non-hydrogen) atoms. The van der Waals surface area contributed by atoms with Crippen LogP contribution in [-0.2, 0) is 13.6 Å². The first-order chi connectivity index (χ1) is 15.0. The van der Waals surface area contributed by atoms with Crippen molar-refractivity contribution in [3.05, 3.63) is 0 Å². The van der Waals surface area contributed by atoms with Gasteiger partial charge in [-0.25, -0.2) is 0 Å². The smallest absolute Gasteiger partial charge is 0.267 e. The Hall–Kier alpha value is 0.0700. The van der Waals surface area contributed by atoms with Crippen molar-refractivity contribution in [2.45, 2.75) is 122 Å². The van der Waals surface area contributed by atoms with E-state index in [1.807, 2.05) is 0 Å². The summed E-state index contributed by atoms with van der Waals surface area (Å²) in [6.45, 7) is 5.01. The molecule has 6 heteroatoms. The van der Waals surface area contributed by atoms with Gasteiger partial charge >= 0.3 is 0 Å². The van der Waals surface area contributed by atoms with E-state index in [0.29, 0.717) is 5.92 Å². The molecule has 1 N–H and O–H groups in total. The van der Waals surface area contributed by atoms with Crippen LogP contribution in [0.25, 0.3) is 0 Å². The van der Waals surface area contributed by atoms with Crippen LogP contribution in [0, 0.1) is 5.92 Å². The summed E-state index contributed by atoms with van der Waals surface area (Å²) in [6.07, 6.45) is 23.0. The lowest BCUT2D eigenvalue weighted by atomic mass is 9.98. The zero-order valence-corrected chi connectivity index (χ0v) is 21.6. The maximum absolute atomic E-state index is 11.9. The summed E-state index contributed by atoms with van der Waals surface area (Å²) >= 11 is 0. The van der Waals surface area contributed by atoms with Crippen molar-refractivity contribution in [1.82, 2.24) is 0 Å². The number of unbranched alkanes of at least 4 members (excludes halogenated alkanes) is 15. The largest absolute Gasteiger partial charge is 0.756 e. The van der Waals surface area contributed by atoms with Gasteiger partial charge in [-0.05, 0) is 12.3 Å². The van der Waals surface area contributed by atoms with Gasteiger partial charge in [-0.15, -0.1) is 0 Å². The molecule has 1 heterocycles. The Balaban J connectivity index is 1.80. The van der Waals surface area contributed by atoms with Crippen LogP contribution in [0.2, 0.25) is 0 Å². The van der Waals surface area contributed by atoms with Gasteiger partial charge in [0.15, 0.2) is 0 Å². The van der Waals surface area contributed by atoms with E-state index in [2.05, 4.69) is 14.0 Å². The number of rotatable bonds is 21. The Morgan fingerprint density at radius 2 is 1.16 bits per heavy atom. The van der Waals surface area contributed by atoms with E-state index >= 15 is 0 Å². The van der Waals surface area contributed by atoms with Gasteiger partial charge < -0.3 is 18.8 Å². The van der Waals surface area contributed by atoms with Crippen LogP contribution in [0.4, 0.5) is 0 Å². The number of nitrogens with one attached hydrogen (secondary N) is 1. The molecule has 0 aromatic heterocycles. The summed E-state index contributed by atoms with van der Waals surface area (Å²) in [5, 5.41) is 0. The standard InChI is InChI=1S/C25H52NO4P/c1-3-4-5-6-7-8-9-10-11-12-13-14-15-16-17-18-23-29-31(27,28)30-24-25-19-21-26(2)22-20-25/h25H,3-24H2,1-2H3,(H,27,28). The van der Waals surface area contributed by atoms with Gasteiger partial charge in [0.25, 0.3) is 7.82 Å². The predicted molar refractivity (Wildman–Crippen MR) is 128 cm³/mol. The molecule has 0 bridgehead atoms. The fraction of sp³-hybridized carbons (Fsp3) is 1.00. The van der Waals surface area contributed by atoms with Crippen LogP contribution >= 0.6 is 7.82 Å². The van der Waals surface area contributed by atoms with Gasteiger partial charge in [0, 0.05) is 12.8 Å². The summed E-state index contributed by atoms with van der Waals surface area (Å²) in [4.78, 5) is 13.4. The molecule has 0 radical (unpaired) electrons. The van der Waals surface area contributed by atoms with E-state index in [1.165, 1.54) is 94.8 Å². The van der Waals surface area contributed by atoms with E-state index in [1.54, 1.807) is 0 Å². The van der Waals surface area contributed by atoms with E-state index in [4.69, 9.17) is 9.05 Å². The highest BCUT2D eigenvalue weighted by Gasteiger charge is 2.21. The molecule has 0 amide bonds. The SMILES string of the molecule is CCCCCCCCCCCCCCCCCCOP(=O)([O-])OCC1CC[NH+](C)CC1. The van der Waals surface area contributed by atoms with Crippen molar-refractivity contribution in [2.75, 3.05) is 33.4 Å². The number of phosphoric acid groups is 1. The fourth-order valence-corrected chi connectivity index (χ4v) is 5.22. The molecule has 0 aromatic rings. The summed E-state index contributed by atoms with van der Waals surface area (Å²) in [5.41, 5.74) is 0. The molecule has 1 atom stereocenters. The van der Waals surface area contributed by atoms with Crippen LogP contribution in [0.5, 0.6) is 0 Å². The van der Waals surface area contributed by atoms with Crippen LogP contribution in [-0.4, -0.2) is 33.4 Å². The van der Waals surface area contributed by atoms with E-state index in [0.717, 1.165) is 38.8 Å². The number of piperidine rings is 1. The molecule has 1 rings (SSSR count). The van der Waals surface area contributed by atoms with Crippen LogP contribution in [0.3, 0.4) is 0 Å². The molecule has 1 unspecified atom stereocenters. The lowest BCUT2D eigenvalue weighted by Gasteiger charge is -2.29. The van der Waals surface area contributed by atoms with Gasteiger partial charge in [-0.2, -0.15) is 0 Å². The summed E-state index contributed by atoms with van der Waals surface area (Å²) in [7, 11) is -1.94. The highest BCUT2D eigenvalue weighted by Crippen LogP contribution is 2.39. The Morgan fingerprint density at radius 3 is 1.61 bits per heavy atom. The quantitative estimate of drug-likeness (QED) is 0.177. The number of quaternary nitrogens is 1. The van der Waals surface area contributed by atoms with E-state index < -0.39 is 7.82 Å². The summed E-state index contributed by atoms with van der Waals surface area (Å²) < 4.78 is 22.0. The predicted octanol–water partition coefficient (Wildman–Crippen LogP) is 5.67. The van der Waals surface area contributed by atoms with Gasteiger partial charge in [0.2, 0.25) is 0 Å². The van der Waals surface area contributed by atoms with Crippen molar-refractivity contribution in [3.63, 3.8) is 0 Å². The number of phosphoric ester groups is 1. The minimum atomic E-state index is -4.12. The average Bonchev–Trinajstić information content (AvgIpc) is 2.75. The molecule has 1 saturated heterocycles. The van der Waals surface area contributed by atoms with E-state index in [-0.39, 0.29) is 13.2 Å². The van der Waals surface area contributed by atoms with Gasteiger partial charge in [-0.1, -0.05) is 103 Å². The highest BCUT2D eigenvalue weighted by atomic mass is 31.2. The zero-order chi connectivity index (χ0) is 22.6. The molecular weight excluding hydrogens is 409 g/mol. The Kier molecular flexibility index (Phi) is 18.3. The zero-order valence-electron chi connectivity index (χ0n) is 20.7. The fourth-order valence-electron chi connectivity index (χ4n) is 4.40. The third-order valence-corrected chi connectivity index (χ3v) is 7.64. The normalized spacial score (nSPS) is 21.3. The molecule has 1 aliphatic heterocycles. The third-order valence-electron chi connectivity index (χ3n) is 6.67. The van der Waals surface area contributed by atoms with Crippen molar-refractivity contribution in [2.24, 2.45) is 5.92 Å². The van der Waals surface area contributed by atoms with Crippen LogP contribution in [0.15, 0.2) is 0 Å². The van der Waals surface area contributed by atoms with Crippen molar-refractivity contribution < 1.29 is 23.4 Å². The molecule has 186 valence electrons. The molecule has 5 nitrogen and oxygen atoms in total. The van der Waals surface area contributed by atoms with Crippen LogP contribution in [0.1, 0.15) is 122 Å². The number of hydrogen-bond donors (Lipinski definition) is 1. The topological polar surface area (TPSA) is 63.0 Å². The first-order valence-electron chi connectivity index (χ1n) is 13.4. The Bertz CT molecular complexity index is 441. The second-order valence-electron chi connectivity index (χ2n) is 9.78.